The molecule has 124 valence electrons. The Kier molecular flexibility index (Phi) is 6.84. The first-order chi connectivity index (χ1) is 11.5. The van der Waals surface area contributed by atoms with Crippen molar-refractivity contribution in [2.45, 2.75) is 13.0 Å². The van der Waals surface area contributed by atoms with Crippen LogP contribution >= 0.6 is 15.9 Å². The fourth-order valence-electron chi connectivity index (χ4n) is 2.09. The number of carboxylic acids is 1. The molecule has 0 aliphatic heterocycles. The number of benzene rings is 2. The van der Waals surface area contributed by atoms with Gasteiger partial charge in [0.2, 0.25) is 5.88 Å². The second-order valence-corrected chi connectivity index (χ2v) is 6.07. The van der Waals surface area contributed by atoms with Crippen molar-refractivity contribution >= 4 is 32.8 Å². The van der Waals surface area contributed by atoms with Gasteiger partial charge in [-0.3, -0.25) is 0 Å². The molecule has 0 unspecified atom stereocenters. The number of halogens is 1. The molecule has 3 aromatic rings. The number of pyridine rings is 1. The third-order valence-corrected chi connectivity index (χ3v) is 3.83. The Labute approximate surface area is 176 Å². The second-order valence-electron chi connectivity index (χ2n) is 5.16. The van der Waals surface area contributed by atoms with Gasteiger partial charge in [0, 0.05) is 15.9 Å². The van der Waals surface area contributed by atoms with Gasteiger partial charge in [-0.15, -0.1) is 0 Å². The zero-order valence-corrected chi connectivity index (χ0v) is 17.4. The molecule has 1 N–H and O–H groups in total. The molecule has 0 amide bonds. The first kappa shape index (κ1) is 19.7. The summed E-state index contributed by atoms with van der Waals surface area (Å²) in [6.07, 6.45) is -0.905. The van der Waals surface area contributed by atoms with E-state index in [4.69, 9.17) is 14.6 Å². The normalized spacial score (nSPS) is 11.4. The summed E-state index contributed by atoms with van der Waals surface area (Å²) < 4.78 is 12.0. The molecule has 0 spiro atoms. The van der Waals surface area contributed by atoms with E-state index < -0.39 is 12.1 Å². The Bertz CT molecular complexity index is 892. The fraction of sp³-hybridized carbons (Fsp3) is 0.111. The van der Waals surface area contributed by atoms with Gasteiger partial charge in [0.15, 0.2) is 6.10 Å². The summed E-state index contributed by atoms with van der Waals surface area (Å²) in [6.45, 7) is 1.48. The van der Waals surface area contributed by atoms with Gasteiger partial charge < -0.3 is 16.0 Å². The smallest absolute Gasteiger partial charge is 1.00 e. The molecule has 5 nitrogen and oxygen atoms in total. The number of rotatable bonds is 5. The minimum absolute atomic E-state index is 0. The maximum Gasteiger partial charge on any atom is 1.00 e. The first-order valence-electron chi connectivity index (χ1n) is 7.25. The molecule has 25 heavy (non-hydrogen) atoms. The van der Waals surface area contributed by atoms with Crippen molar-refractivity contribution < 1.29 is 50.4 Å². The molecular formula is C18H15BrNNaO4. The van der Waals surface area contributed by atoms with E-state index in [1.165, 1.54) is 6.92 Å². The standard InChI is InChI=1S/C18H14BrNO4.Na.H/c1-11(18(21)22)23-14-5-7-15(8-6-14)24-17-9-3-12-2-4-13(19)10-16(12)20-17;;/h2-11H,1H3,(H,21,22);;/q;+1;-1/t11-;;/m1../s1. The SMILES string of the molecule is C[C@@H](Oc1ccc(Oc2ccc3ccc(Br)cc3n2)cc1)C(=O)O.[H-].[Na+]. The number of carbonyl (C=O) groups is 1. The molecule has 0 aliphatic rings. The number of hydrogen-bond acceptors (Lipinski definition) is 4. The molecule has 0 saturated heterocycles. The van der Waals surface area contributed by atoms with Crippen LogP contribution in [0.15, 0.2) is 59.1 Å². The van der Waals surface area contributed by atoms with Crippen molar-refractivity contribution in [3.8, 4) is 17.4 Å². The van der Waals surface area contributed by atoms with Crippen molar-refractivity contribution in [3.05, 3.63) is 59.1 Å². The Morgan fingerprint density at radius 2 is 1.76 bits per heavy atom. The van der Waals surface area contributed by atoms with E-state index in [9.17, 15) is 4.79 Å². The van der Waals surface area contributed by atoms with Gasteiger partial charge in [0.1, 0.15) is 11.5 Å². The minimum atomic E-state index is -1.01. The van der Waals surface area contributed by atoms with Crippen LogP contribution in [0.5, 0.6) is 17.4 Å². The number of aromatic nitrogens is 1. The van der Waals surface area contributed by atoms with E-state index in [-0.39, 0.29) is 31.0 Å². The zero-order valence-electron chi connectivity index (χ0n) is 14.8. The third kappa shape index (κ3) is 5.19. The van der Waals surface area contributed by atoms with Gasteiger partial charge in [-0.2, -0.15) is 0 Å². The maximum absolute atomic E-state index is 10.8. The zero-order chi connectivity index (χ0) is 17.1. The van der Waals surface area contributed by atoms with Crippen LogP contribution in [0, 0.1) is 0 Å². The molecule has 0 bridgehead atoms. The second kappa shape index (κ2) is 8.67. The predicted octanol–water partition coefficient (Wildman–Crippen LogP) is 1.76. The van der Waals surface area contributed by atoms with Crippen LogP contribution in [-0.2, 0) is 4.79 Å². The Morgan fingerprint density at radius 3 is 2.44 bits per heavy atom. The Hall–Kier alpha value is -1.60. The van der Waals surface area contributed by atoms with Gasteiger partial charge in [-0.05, 0) is 49.4 Å². The largest absolute Gasteiger partial charge is 1.00 e. The van der Waals surface area contributed by atoms with E-state index >= 15 is 0 Å². The van der Waals surface area contributed by atoms with Crippen LogP contribution in [0.25, 0.3) is 10.9 Å². The van der Waals surface area contributed by atoms with Gasteiger partial charge in [0.05, 0.1) is 5.52 Å². The van der Waals surface area contributed by atoms with Crippen molar-refractivity contribution in [2.24, 2.45) is 0 Å². The van der Waals surface area contributed by atoms with Crippen LogP contribution in [0.3, 0.4) is 0 Å². The van der Waals surface area contributed by atoms with E-state index in [2.05, 4.69) is 20.9 Å². The number of ether oxygens (including phenoxy) is 2. The molecule has 1 atom stereocenters. The molecule has 0 saturated carbocycles. The van der Waals surface area contributed by atoms with Gasteiger partial charge >= 0.3 is 35.5 Å². The first-order valence-corrected chi connectivity index (χ1v) is 8.04. The number of hydrogen-bond donors (Lipinski definition) is 1. The van der Waals surface area contributed by atoms with Gasteiger partial charge in [-0.1, -0.05) is 22.0 Å². The topological polar surface area (TPSA) is 68.7 Å². The molecule has 3 rings (SSSR count). The molecule has 0 fully saturated rings. The van der Waals surface area contributed by atoms with E-state index in [0.717, 1.165) is 15.4 Å². The van der Waals surface area contributed by atoms with Crippen LogP contribution in [0.4, 0.5) is 0 Å². The van der Waals surface area contributed by atoms with E-state index in [1.54, 1.807) is 30.3 Å². The summed E-state index contributed by atoms with van der Waals surface area (Å²) in [5.74, 6) is 0.523. The fourth-order valence-corrected chi connectivity index (χ4v) is 2.44. The number of fused-ring (bicyclic) bond motifs is 1. The monoisotopic (exact) mass is 411 g/mol. The number of carboxylic acid groups (broad SMARTS) is 1. The average Bonchev–Trinajstić information content (AvgIpc) is 2.56. The summed E-state index contributed by atoms with van der Waals surface area (Å²) in [7, 11) is 0. The summed E-state index contributed by atoms with van der Waals surface area (Å²) in [5.41, 5.74) is 0.831. The van der Waals surface area contributed by atoms with Crippen molar-refractivity contribution in [2.75, 3.05) is 0 Å². The molecule has 1 heterocycles. The number of aliphatic carboxylic acids is 1. The van der Waals surface area contributed by atoms with E-state index in [0.29, 0.717) is 17.4 Å². The summed E-state index contributed by atoms with van der Waals surface area (Å²) in [5, 5.41) is 9.86. The van der Waals surface area contributed by atoms with Crippen molar-refractivity contribution in [3.63, 3.8) is 0 Å². The molecule has 1 aromatic heterocycles. The average molecular weight is 412 g/mol. The molecule has 2 aromatic carbocycles. The summed E-state index contributed by atoms with van der Waals surface area (Å²) in [6, 6.07) is 16.3. The van der Waals surface area contributed by atoms with E-state index in [1.807, 2.05) is 24.3 Å². The molecular weight excluding hydrogens is 397 g/mol. The summed E-state index contributed by atoms with van der Waals surface area (Å²) in [4.78, 5) is 15.2. The van der Waals surface area contributed by atoms with Crippen LogP contribution in [-0.4, -0.2) is 22.2 Å². The van der Waals surface area contributed by atoms with Gasteiger partial charge in [-0.25, -0.2) is 9.78 Å². The molecule has 0 radical (unpaired) electrons. The van der Waals surface area contributed by atoms with Crippen LogP contribution in [0.2, 0.25) is 0 Å². The van der Waals surface area contributed by atoms with Gasteiger partial charge in [0.25, 0.3) is 0 Å². The van der Waals surface area contributed by atoms with Crippen molar-refractivity contribution in [1.82, 2.24) is 4.98 Å². The van der Waals surface area contributed by atoms with Crippen LogP contribution < -0.4 is 39.0 Å². The molecule has 0 aliphatic carbocycles. The van der Waals surface area contributed by atoms with Crippen molar-refractivity contribution in [1.29, 1.82) is 0 Å². The number of nitrogens with zero attached hydrogens (tertiary/aromatic N) is 1. The Balaban J connectivity index is 0.00000169. The maximum atomic E-state index is 10.8. The Morgan fingerprint density at radius 1 is 1.12 bits per heavy atom. The minimum Gasteiger partial charge on any atom is -1.00 e. The summed E-state index contributed by atoms with van der Waals surface area (Å²) >= 11 is 3.42. The van der Waals surface area contributed by atoms with Crippen LogP contribution in [0.1, 0.15) is 8.35 Å². The molecule has 7 heteroatoms. The quantitative estimate of drug-likeness (QED) is 0.647. The third-order valence-electron chi connectivity index (χ3n) is 3.34. The predicted molar refractivity (Wildman–Crippen MR) is 94.8 cm³/mol.